The van der Waals surface area contributed by atoms with Gasteiger partial charge in [0.15, 0.2) is 18.0 Å². The highest BCUT2D eigenvalue weighted by molar-refractivity contribution is 5.97. The van der Waals surface area contributed by atoms with Crippen LogP contribution in [0.25, 0.3) is 11.1 Å². The van der Waals surface area contributed by atoms with Crippen molar-refractivity contribution in [1.82, 2.24) is 10.2 Å². The molecule has 0 saturated carbocycles. The Bertz CT molecular complexity index is 1390. The van der Waals surface area contributed by atoms with E-state index in [4.69, 9.17) is 14.2 Å². The molecule has 2 aliphatic rings. The van der Waals surface area contributed by atoms with Gasteiger partial charge < -0.3 is 24.4 Å². The van der Waals surface area contributed by atoms with Crippen LogP contribution in [-0.4, -0.2) is 53.8 Å². The van der Waals surface area contributed by atoms with Gasteiger partial charge >= 0.3 is 5.97 Å². The van der Waals surface area contributed by atoms with E-state index in [0.717, 1.165) is 35.1 Å². The Morgan fingerprint density at radius 2 is 1.61 bits per heavy atom. The molecule has 0 bridgehead atoms. The van der Waals surface area contributed by atoms with Gasteiger partial charge in [-0.1, -0.05) is 72.8 Å². The molecule has 2 amide bonds. The monoisotopic (exact) mass is 556 g/mol. The van der Waals surface area contributed by atoms with Gasteiger partial charge in [-0.25, -0.2) is 4.79 Å². The number of nitrogens with one attached hydrogen (secondary N) is 1. The number of hydrogen-bond acceptors (Lipinski definition) is 6. The van der Waals surface area contributed by atoms with Gasteiger partial charge in [-0.15, -0.1) is 0 Å². The summed E-state index contributed by atoms with van der Waals surface area (Å²) in [4.78, 5) is 41.2. The molecule has 3 atom stereocenters. The number of rotatable bonds is 8. The SMILES string of the molecule is CCOC(=O)c1ccccc1-c1ccc(CNC(=O)C2OC(C)(C)O[C@H]2C(=O)N2CCCC2c2ccccc2)cc1. The molecule has 0 aliphatic carbocycles. The number of likely N-dealkylation sites (tertiary alicyclic amines) is 1. The van der Waals surface area contributed by atoms with E-state index in [2.05, 4.69) is 5.32 Å². The molecule has 8 heteroatoms. The highest BCUT2D eigenvalue weighted by atomic mass is 16.8. The van der Waals surface area contributed by atoms with E-state index >= 15 is 0 Å². The second kappa shape index (κ2) is 12.2. The lowest BCUT2D eigenvalue weighted by Gasteiger charge is -2.28. The summed E-state index contributed by atoms with van der Waals surface area (Å²) in [7, 11) is 0. The normalized spacial score (nSPS) is 21.4. The maximum absolute atomic E-state index is 13.7. The number of carbonyl (C=O) groups excluding carboxylic acids is 3. The van der Waals surface area contributed by atoms with E-state index in [1.165, 1.54) is 0 Å². The summed E-state index contributed by atoms with van der Waals surface area (Å²) in [5.74, 6) is -2.07. The van der Waals surface area contributed by atoms with Gasteiger partial charge in [0.1, 0.15) is 0 Å². The minimum atomic E-state index is -1.07. The lowest BCUT2D eigenvalue weighted by molar-refractivity contribution is -0.163. The van der Waals surface area contributed by atoms with Gasteiger partial charge in [-0.05, 0) is 61.9 Å². The third kappa shape index (κ3) is 6.34. The fraction of sp³-hybridized carbons (Fsp3) is 0.364. The molecule has 2 saturated heterocycles. The minimum absolute atomic E-state index is 0.0489. The summed E-state index contributed by atoms with van der Waals surface area (Å²) < 4.78 is 17.1. The van der Waals surface area contributed by atoms with Crippen molar-refractivity contribution in [1.29, 1.82) is 0 Å². The Morgan fingerprint density at radius 3 is 2.34 bits per heavy atom. The predicted molar refractivity (Wildman–Crippen MR) is 154 cm³/mol. The molecule has 5 rings (SSSR count). The highest BCUT2D eigenvalue weighted by Crippen LogP contribution is 2.36. The van der Waals surface area contributed by atoms with E-state index in [1.54, 1.807) is 32.9 Å². The quantitative estimate of drug-likeness (QED) is 0.391. The van der Waals surface area contributed by atoms with Gasteiger partial charge in [-0.3, -0.25) is 9.59 Å². The molecule has 2 unspecified atom stereocenters. The zero-order valence-corrected chi connectivity index (χ0v) is 23.7. The average molecular weight is 557 g/mol. The maximum atomic E-state index is 13.7. The van der Waals surface area contributed by atoms with Gasteiger partial charge in [0.25, 0.3) is 11.8 Å². The number of ether oxygens (including phenoxy) is 3. The Morgan fingerprint density at radius 1 is 0.927 bits per heavy atom. The number of amides is 2. The number of esters is 1. The standard InChI is InChI=1S/C33H36N2O6/c1-4-39-32(38)26-14-9-8-13-25(26)23-18-16-22(17-19-23)21-34-30(36)28-29(41-33(2,3)40-28)31(37)35-20-10-15-27(35)24-11-6-5-7-12-24/h5-9,11-14,16-19,27-29H,4,10,15,20-21H2,1-3H3,(H,34,36)/t27?,28?,29-/m1/s1. The van der Waals surface area contributed by atoms with Crippen LogP contribution < -0.4 is 5.32 Å². The Kier molecular flexibility index (Phi) is 8.52. The van der Waals surface area contributed by atoms with Gasteiger partial charge in [0.05, 0.1) is 18.2 Å². The molecule has 2 aliphatic heterocycles. The number of carbonyl (C=O) groups is 3. The van der Waals surface area contributed by atoms with Crippen molar-refractivity contribution in [3.63, 3.8) is 0 Å². The van der Waals surface area contributed by atoms with Crippen molar-refractivity contribution < 1.29 is 28.6 Å². The third-order valence-corrected chi connectivity index (χ3v) is 7.47. The Balaban J connectivity index is 1.26. The van der Waals surface area contributed by atoms with Crippen molar-refractivity contribution in [2.24, 2.45) is 0 Å². The predicted octanol–water partition coefficient (Wildman–Crippen LogP) is 5.03. The first-order valence-electron chi connectivity index (χ1n) is 14.1. The van der Waals surface area contributed by atoms with Crippen molar-refractivity contribution in [2.75, 3.05) is 13.2 Å². The summed E-state index contributed by atoms with van der Waals surface area (Å²) in [6.07, 6.45) is -0.343. The molecule has 2 heterocycles. The fourth-order valence-electron chi connectivity index (χ4n) is 5.56. The van der Waals surface area contributed by atoms with E-state index in [0.29, 0.717) is 18.7 Å². The van der Waals surface area contributed by atoms with Crippen LogP contribution in [0, 0.1) is 0 Å². The Labute approximate surface area is 240 Å². The van der Waals surface area contributed by atoms with Crippen molar-refractivity contribution in [2.45, 2.75) is 64.2 Å². The van der Waals surface area contributed by atoms with Crippen LogP contribution in [0.3, 0.4) is 0 Å². The van der Waals surface area contributed by atoms with E-state index < -0.39 is 23.9 Å². The molecule has 8 nitrogen and oxygen atoms in total. The maximum Gasteiger partial charge on any atom is 0.338 e. The molecule has 0 radical (unpaired) electrons. The smallest absolute Gasteiger partial charge is 0.338 e. The summed E-state index contributed by atoms with van der Waals surface area (Å²) in [5.41, 5.74) is 4.07. The summed E-state index contributed by atoms with van der Waals surface area (Å²) in [6.45, 7) is 6.36. The largest absolute Gasteiger partial charge is 0.462 e. The zero-order valence-electron chi connectivity index (χ0n) is 23.7. The van der Waals surface area contributed by atoms with E-state index in [-0.39, 0.29) is 24.5 Å². The lowest BCUT2D eigenvalue weighted by atomic mass is 9.98. The van der Waals surface area contributed by atoms with Crippen LogP contribution >= 0.6 is 0 Å². The minimum Gasteiger partial charge on any atom is -0.462 e. The molecule has 3 aromatic rings. The fourth-order valence-corrected chi connectivity index (χ4v) is 5.56. The second-order valence-electron chi connectivity index (χ2n) is 10.8. The van der Waals surface area contributed by atoms with Gasteiger partial charge in [0, 0.05) is 13.1 Å². The van der Waals surface area contributed by atoms with Crippen molar-refractivity contribution >= 4 is 17.8 Å². The molecule has 0 spiro atoms. The van der Waals surface area contributed by atoms with E-state index in [9.17, 15) is 14.4 Å². The van der Waals surface area contributed by atoms with Crippen LogP contribution in [0.2, 0.25) is 0 Å². The van der Waals surface area contributed by atoms with Crippen LogP contribution in [-0.2, 0) is 30.3 Å². The zero-order chi connectivity index (χ0) is 29.0. The number of benzene rings is 3. The first-order chi connectivity index (χ1) is 19.8. The topological polar surface area (TPSA) is 94.2 Å². The van der Waals surface area contributed by atoms with Crippen LogP contribution in [0.5, 0.6) is 0 Å². The molecular formula is C33H36N2O6. The molecular weight excluding hydrogens is 520 g/mol. The third-order valence-electron chi connectivity index (χ3n) is 7.47. The first-order valence-corrected chi connectivity index (χ1v) is 14.1. The molecule has 3 aromatic carbocycles. The number of hydrogen-bond donors (Lipinski definition) is 1. The molecule has 1 N–H and O–H groups in total. The number of nitrogens with zero attached hydrogens (tertiary/aromatic N) is 1. The highest BCUT2D eigenvalue weighted by Gasteiger charge is 2.51. The van der Waals surface area contributed by atoms with Crippen LogP contribution in [0.4, 0.5) is 0 Å². The molecule has 214 valence electrons. The summed E-state index contributed by atoms with van der Waals surface area (Å²) in [5, 5.41) is 2.91. The first kappa shape index (κ1) is 28.5. The Hall–Kier alpha value is -4.01. The van der Waals surface area contributed by atoms with Crippen molar-refractivity contribution in [3.05, 3.63) is 95.6 Å². The average Bonchev–Trinajstić information content (AvgIpc) is 3.61. The summed E-state index contributed by atoms with van der Waals surface area (Å²) >= 11 is 0. The van der Waals surface area contributed by atoms with E-state index in [1.807, 2.05) is 71.6 Å². The molecule has 0 aromatic heterocycles. The second-order valence-corrected chi connectivity index (χ2v) is 10.8. The lowest BCUT2D eigenvalue weighted by Crippen LogP contribution is -2.49. The van der Waals surface area contributed by atoms with Gasteiger partial charge in [0.2, 0.25) is 0 Å². The molecule has 41 heavy (non-hydrogen) atoms. The van der Waals surface area contributed by atoms with Crippen molar-refractivity contribution in [3.8, 4) is 11.1 Å². The van der Waals surface area contributed by atoms with Crippen LogP contribution in [0.15, 0.2) is 78.9 Å². The molecule has 2 fully saturated rings. The van der Waals surface area contributed by atoms with Gasteiger partial charge in [-0.2, -0.15) is 0 Å². The summed E-state index contributed by atoms with van der Waals surface area (Å²) in [6, 6.07) is 24.8. The van der Waals surface area contributed by atoms with Crippen LogP contribution in [0.1, 0.15) is 61.1 Å².